The van der Waals surface area contributed by atoms with Crippen LogP contribution >= 0.6 is 11.8 Å². The second-order valence-electron chi connectivity index (χ2n) is 4.16. The van der Waals surface area contributed by atoms with Crippen molar-refractivity contribution in [3.8, 4) is 0 Å². The van der Waals surface area contributed by atoms with E-state index in [1.54, 1.807) is 6.92 Å². The van der Waals surface area contributed by atoms with Gasteiger partial charge in [-0.25, -0.2) is 9.07 Å². The van der Waals surface area contributed by atoms with Crippen molar-refractivity contribution in [3.63, 3.8) is 0 Å². The molecule has 2 rings (SSSR count). The lowest BCUT2D eigenvalue weighted by Crippen LogP contribution is -2.17. The predicted molar refractivity (Wildman–Crippen MR) is 77.3 cm³/mol. The number of nitrogens with two attached hydrogens (primary N) is 1. The number of aromatic nitrogens is 3. The number of benzene rings is 1. The van der Waals surface area contributed by atoms with Crippen LogP contribution in [0.2, 0.25) is 0 Å². The number of nitrogen functional groups attached to an aromatic ring is 1. The largest absolute Gasteiger partial charge is 0.336 e. The third-order valence-corrected chi connectivity index (χ3v) is 3.55. The minimum absolute atomic E-state index is 0.0997. The highest BCUT2D eigenvalue weighted by molar-refractivity contribution is 7.99. The van der Waals surface area contributed by atoms with Gasteiger partial charge < -0.3 is 11.2 Å². The Morgan fingerprint density at radius 1 is 1.55 bits per heavy atom. The first-order valence-electron chi connectivity index (χ1n) is 5.92. The number of amides is 1. The predicted octanol–water partition coefficient (Wildman–Crippen LogP) is 1.08. The highest BCUT2D eigenvalue weighted by atomic mass is 32.2. The molecule has 3 N–H and O–H groups in total. The molecule has 1 amide bonds. The van der Waals surface area contributed by atoms with E-state index in [4.69, 9.17) is 5.84 Å². The number of non-ortho nitro benzene ring substituents is 1. The van der Waals surface area contributed by atoms with E-state index in [1.807, 2.05) is 0 Å². The smallest absolute Gasteiger partial charge is 0.271 e. The van der Waals surface area contributed by atoms with Gasteiger partial charge in [-0.05, 0) is 13.0 Å². The number of hydrogen-bond donors (Lipinski definition) is 2. The summed E-state index contributed by atoms with van der Waals surface area (Å²) in [6, 6.07) is 2.88. The van der Waals surface area contributed by atoms with Gasteiger partial charge in [0.05, 0.1) is 16.4 Å². The monoisotopic (exact) mass is 326 g/mol. The second kappa shape index (κ2) is 6.39. The molecular weight excluding hydrogens is 315 g/mol. The standard InChI is InChI=1S/C11H11FN6O3S/c1-6-15-16-11(17(6)13)22-5-10(19)14-9-4-7(18(20)21)2-3-8(9)12/h2-4H,5,13H2,1H3,(H,14,19). The number of nitro benzene ring substituents is 1. The molecule has 9 nitrogen and oxygen atoms in total. The normalized spacial score (nSPS) is 10.5. The zero-order chi connectivity index (χ0) is 16.3. The van der Waals surface area contributed by atoms with Gasteiger partial charge in [-0.2, -0.15) is 0 Å². The van der Waals surface area contributed by atoms with E-state index in [-0.39, 0.29) is 17.1 Å². The summed E-state index contributed by atoms with van der Waals surface area (Å²) < 4.78 is 14.7. The number of thioether (sulfide) groups is 1. The van der Waals surface area contributed by atoms with Gasteiger partial charge in [-0.3, -0.25) is 14.9 Å². The van der Waals surface area contributed by atoms with E-state index < -0.39 is 16.6 Å². The molecular formula is C11H11FN6O3S. The first kappa shape index (κ1) is 15.7. The first-order chi connectivity index (χ1) is 10.4. The van der Waals surface area contributed by atoms with Gasteiger partial charge in [-0.1, -0.05) is 11.8 Å². The minimum atomic E-state index is -0.762. The Balaban J connectivity index is 2.01. The maximum absolute atomic E-state index is 13.5. The van der Waals surface area contributed by atoms with E-state index in [0.717, 1.165) is 30.0 Å². The molecule has 0 saturated heterocycles. The number of halogens is 1. The number of nitrogens with zero attached hydrogens (tertiary/aromatic N) is 4. The topological polar surface area (TPSA) is 129 Å². The molecule has 2 aromatic rings. The van der Waals surface area contributed by atoms with Crippen molar-refractivity contribution in [2.45, 2.75) is 12.1 Å². The van der Waals surface area contributed by atoms with Gasteiger partial charge in [0, 0.05) is 12.1 Å². The molecule has 116 valence electrons. The van der Waals surface area contributed by atoms with E-state index in [9.17, 15) is 19.3 Å². The third kappa shape index (κ3) is 3.49. The molecule has 0 atom stereocenters. The number of aryl methyl sites for hydroxylation is 1. The second-order valence-corrected chi connectivity index (χ2v) is 5.10. The van der Waals surface area contributed by atoms with E-state index in [1.165, 1.54) is 4.68 Å². The van der Waals surface area contributed by atoms with Gasteiger partial charge in [0.2, 0.25) is 11.1 Å². The lowest BCUT2D eigenvalue weighted by molar-refractivity contribution is -0.384. The SMILES string of the molecule is Cc1nnc(SCC(=O)Nc2cc([N+](=O)[O-])ccc2F)n1N. The first-order valence-corrected chi connectivity index (χ1v) is 6.90. The van der Waals surface area contributed by atoms with Gasteiger partial charge in [0.25, 0.3) is 5.69 Å². The summed E-state index contributed by atoms with van der Waals surface area (Å²) in [4.78, 5) is 21.7. The van der Waals surface area contributed by atoms with Crippen molar-refractivity contribution in [1.29, 1.82) is 0 Å². The van der Waals surface area contributed by atoms with Gasteiger partial charge in [-0.15, -0.1) is 10.2 Å². The fourth-order valence-electron chi connectivity index (χ4n) is 1.49. The van der Waals surface area contributed by atoms with E-state index in [0.29, 0.717) is 11.0 Å². The highest BCUT2D eigenvalue weighted by Crippen LogP contribution is 2.22. The maximum Gasteiger partial charge on any atom is 0.271 e. The van der Waals surface area contributed by atoms with Crippen LogP contribution in [0.15, 0.2) is 23.4 Å². The Labute approximate surface area is 127 Å². The van der Waals surface area contributed by atoms with Crippen LogP contribution in [-0.4, -0.2) is 31.5 Å². The Hall–Kier alpha value is -2.69. The fraction of sp³-hybridized carbons (Fsp3) is 0.182. The average molecular weight is 326 g/mol. The molecule has 0 fully saturated rings. The molecule has 1 aromatic heterocycles. The maximum atomic E-state index is 13.5. The highest BCUT2D eigenvalue weighted by Gasteiger charge is 2.14. The molecule has 0 aliphatic rings. The number of hydrogen-bond acceptors (Lipinski definition) is 7. The Morgan fingerprint density at radius 3 is 2.86 bits per heavy atom. The van der Waals surface area contributed by atoms with Crippen LogP contribution in [0.25, 0.3) is 0 Å². The number of nitro groups is 1. The summed E-state index contributed by atoms with van der Waals surface area (Å²) >= 11 is 1.01. The molecule has 0 unspecified atom stereocenters. The molecule has 0 saturated carbocycles. The Kier molecular flexibility index (Phi) is 4.56. The van der Waals surface area contributed by atoms with Crippen molar-refractivity contribution < 1.29 is 14.1 Å². The van der Waals surface area contributed by atoms with Gasteiger partial charge >= 0.3 is 0 Å². The minimum Gasteiger partial charge on any atom is -0.336 e. The molecule has 1 heterocycles. The summed E-state index contributed by atoms with van der Waals surface area (Å²) in [5.41, 5.74) is -0.577. The summed E-state index contributed by atoms with van der Waals surface area (Å²) in [6.07, 6.45) is 0. The molecule has 0 aliphatic heterocycles. The van der Waals surface area contributed by atoms with Crippen molar-refractivity contribution in [2.24, 2.45) is 0 Å². The Bertz CT molecular complexity index is 735. The number of carbonyl (C=O) groups is 1. The summed E-state index contributed by atoms with van der Waals surface area (Å²) in [7, 11) is 0. The van der Waals surface area contributed by atoms with E-state index >= 15 is 0 Å². The molecule has 1 aromatic carbocycles. The zero-order valence-electron chi connectivity index (χ0n) is 11.3. The van der Waals surface area contributed by atoms with Crippen LogP contribution in [0.1, 0.15) is 5.82 Å². The van der Waals surface area contributed by atoms with Crippen LogP contribution < -0.4 is 11.2 Å². The molecule has 0 aliphatic carbocycles. The van der Waals surface area contributed by atoms with Crippen LogP contribution in [0.4, 0.5) is 15.8 Å². The zero-order valence-corrected chi connectivity index (χ0v) is 12.1. The number of nitrogens with one attached hydrogen (secondary N) is 1. The quantitative estimate of drug-likeness (QED) is 0.364. The van der Waals surface area contributed by atoms with Crippen LogP contribution in [0, 0.1) is 22.9 Å². The molecule has 22 heavy (non-hydrogen) atoms. The van der Waals surface area contributed by atoms with Crippen LogP contribution in [-0.2, 0) is 4.79 Å². The number of anilines is 1. The number of carbonyl (C=O) groups excluding carboxylic acids is 1. The lowest BCUT2D eigenvalue weighted by Gasteiger charge is -2.06. The van der Waals surface area contributed by atoms with Crippen molar-refractivity contribution >= 4 is 29.0 Å². The van der Waals surface area contributed by atoms with Crippen molar-refractivity contribution in [1.82, 2.24) is 14.9 Å². The third-order valence-electron chi connectivity index (χ3n) is 2.60. The molecule has 0 bridgehead atoms. The summed E-state index contributed by atoms with van der Waals surface area (Å²) in [5.74, 6) is 4.69. The van der Waals surface area contributed by atoms with Gasteiger partial charge in [0.1, 0.15) is 11.6 Å². The summed E-state index contributed by atoms with van der Waals surface area (Å²) in [6.45, 7) is 1.65. The lowest BCUT2D eigenvalue weighted by atomic mass is 10.2. The van der Waals surface area contributed by atoms with Crippen LogP contribution in [0.3, 0.4) is 0 Å². The van der Waals surface area contributed by atoms with Crippen molar-refractivity contribution in [3.05, 3.63) is 40.0 Å². The molecule has 11 heteroatoms. The average Bonchev–Trinajstić information content (AvgIpc) is 2.78. The van der Waals surface area contributed by atoms with Gasteiger partial charge in [0.15, 0.2) is 0 Å². The fourth-order valence-corrected chi connectivity index (χ4v) is 2.19. The number of rotatable bonds is 5. The van der Waals surface area contributed by atoms with E-state index in [2.05, 4.69) is 15.5 Å². The summed E-state index contributed by atoms with van der Waals surface area (Å²) in [5, 5.41) is 20.7. The van der Waals surface area contributed by atoms with Crippen molar-refractivity contribution in [2.75, 3.05) is 16.9 Å². The van der Waals surface area contributed by atoms with Crippen LogP contribution in [0.5, 0.6) is 0 Å². The molecule has 0 radical (unpaired) electrons. The molecule has 0 spiro atoms. The Morgan fingerprint density at radius 2 is 2.27 bits per heavy atom.